The molecule has 1 aromatic carbocycles. The molecule has 0 bridgehead atoms. The summed E-state index contributed by atoms with van der Waals surface area (Å²) in [6.45, 7) is 8.25. The van der Waals surface area contributed by atoms with Crippen LogP contribution in [0.2, 0.25) is 5.02 Å². The van der Waals surface area contributed by atoms with Crippen LogP contribution < -0.4 is 10.1 Å². The van der Waals surface area contributed by atoms with Crippen LogP contribution >= 0.6 is 11.6 Å². The molecule has 1 unspecified atom stereocenters. The minimum atomic E-state index is -0.424. The van der Waals surface area contributed by atoms with Crippen LogP contribution in [0.3, 0.4) is 0 Å². The second-order valence-electron chi connectivity index (χ2n) is 5.15. The van der Waals surface area contributed by atoms with Gasteiger partial charge in [0.1, 0.15) is 12.4 Å². The van der Waals surface area contributed by atoms with Gasteiger partial charge in [0.15, 0.2) is 0 Å². The fourth-order valence-electron chi connectivity index (χ4n) is 1.63. The highest BCUT2D eigenvalue weighted by Crippen LogP contribution is 2.23. The summed E-state index contributed by atoms with van der Waals surface area (Å²) in [5, 5.41) is 13.6. The lowest BCUT2D eigenvalue weighted by Gasteiger charge is -2.15. The monoisotopic (exact) mass is 285 g/mol. The molecule has 0 fully saturated rings. The summed E-state index contributed by atoms with van der Waals surface area (Å²) < 4.78 is 5.65. The second kappa shape index (κ2) is 8.41. The summed E-state index contributed by atoms with van der Waals surface area (Å²) in [4.78, 5) is 0. The number of aliphatic hydroxyl groups is 1. The lowest BCUT2D eigenvalue weighted by Crippen LogP contribution is -2.20. The molecule has 0 saturated carbocycles. The number of hydrogen-bond donors (Lipinski definition) is 2. The van der Waals surface area contributed by atoms with Crippen LogP contribution in [-0.4, -0.2) is 24.4 Å². The molecular formula is C15H24ClNO2. The molecule has 4 heteroatoms. The number of ether oxygens (including phenoxy) is 1. The minimum absolute atomic E-state index is 0.315. The summed E-state index contributed by atoms with van der Waals surface area (Å²) in [7, 11) is 0. The van der Waals surface area contributed by atoms with Gasteiger partial charge in [-0.1, -0.05) is 32.4 Å². The van der Waals surface area contributed by atoms with E-state index in [1.54, 1.807) is 6.07 Å². The average Bonchev–Trinajstić information content (AvgIpc) is 2.37. The van der Waals surface area contributed by atoms with Crippen molar-refractivity contribution in [2.24, 2.45) is 5.92 Å². The second-order valence-corrected chi connectivity index (χ2v) is 5.59. The van der Waals surface area contributed by atoms with E-state index in [0.29, 0.717) is 24.0 Å². The van der Waals surface area contributed by atoms with Crippen molar-refractivity contribution < 1.29 is 9.84 Å². The van der Waals surface area contributed by atoms with Crippen LogP contribution in [0.1, 0.15) is 32.8 Å². The van der Waals surface area contributed by atoms with Crippen molar-refractivity contribution in [2.75, 3.05) is 13.2 Å². The number of rotatable bonds is 8. The summed E-state index contributed by atoms with van der Waals surface area (Å²) in [5.41, 5.74) is 1.02. The standard InChI is InChI=1S/C15H24ClNO2/c1-4-14(18)10-19-15-6-5-13(16)7-12(15)9-17-8-11(2)3/h5-7,11,14,17-18H,4,8-10H2,1-3H3. The maximum atomic E-state index is 9.55. The van der Waals surface area contributed by atoms with E-state index < -0.39 is 6.10 Å². The number of benzene rings is 1. The first-order chi connectivity index (χ1) is 9.02. The van der Waals surface area contributed by atoms with E-state index in [2.05, 4.69) is 19.2 Å². The zero-order valence-electron chi connectivity index (χ0n) is 11.9. The van der Waals surface area contributed by atoms with E-state index in [1.165, 1.54) is 0 Å². The molecule has 0 saturated heterocycles. The molecule has 0 aliphatic heterocycles. The van der Waals surface area contributed by atoms with Crippen molar-refractivity contribution in [1.29, 1.82) is 0 Å². The molecule has 108 valence electrons. The Labute approximate surface area is 120 Å². The molecule has 19 heavy (non-hydrogen) atoms. The molecule has 0 radical (unpaired) electrons. The van der Waals surface area contributed by atoms with Gasteiger partial charge in [0.2, 0.25) is 0 Å². The van der Waals surface area contributed by atoms with Gasteiger partial charge in [-0.15, -0.1) is 0 Å². The van der Waals surface area contributed by atoms with E-state index in [9.17, 15) is 5.11 Å². The average molecular weight is 286 g/mol. The Hall–Kier alpha value is -0.770. The Bertz CT molecular complexity index is 382. The van der Waals surface area contributed by atoms with Gasteiger partial charge in [0.25, 0.3) is 0 Å². The van der Waals surface area contributed by atoms with E-state index >= 15 is 0 Å². The van der Waals surface area contributed by atoms with Crippen molar-refractivity contribution in [3.05, 3.63) is 28.8 Å². The molecule has 0 aromatic heterocycles. The summed E-state index contributed by atoms with van der Waals surface area (Å²) in [6, 6.07) is 5.57. The molecule has 0 spiro atoms. The minimum Gasteiger partial charge on any atom is -0.491 e. The third-order valence-electron chi connectivity index (χ3n) is 2.79. The van der Waals surface area contributed by atoms with Crippen molar-refractivity contribution in [1.82, 2.24) is 5.32 Å². The highest BCUT2D eigenvalue weighted by atomic mass is 35.5. The molecule has 3 nitrogen and oxygen atoms in total. The summed E-state index contributed by atoms with van der Waals surface area (Å²) >= 11 is 6.02. The molecule has 0 aliphatic carbocycles. The Morgan fingerprint density at radius 2 is 2.11 bits per heavy atom. The number of nitrogens with one attached hydrogen (secondary N) is 1. The first-order valence-corrected chi connectivity index (χ1v) is 7.20. The molecule has 1 atom stereocenters. The van der Waals surface area contributed by atoms with Crippen molar-refractivity contribution in [3.63, 3.8) is 0 Å². The van der Waals surface area contributed by atoms with Gasteiger partial charge >= 0.3 is 0 Å². The van der Waals surface area contributed by atoms with Gasteiger partial charge in [0.05, 0.1) is 6.10 Å². The Balaban J connectivity index is 2.63. The normalized spacial score (nSPS) is 12.7. The van der Waals surface area contributed by atoms with Crippen LogP contribution in [0.4, 0.5) is 0 Å². The van der Waals surface area contributed by atoms with Gasteiger partial charge < -0.3 is 15.2 Å². The van der Waals surface area contributed by atoms with Gasteiger partial charge in [-0.05, 0) is 37.1 Å². The molecule has 0 heterocycles. The predicted molar refractivity (Wildman–Crippen MR) is 79.8 cm³/mol. The first kappa shape index (κ1) is 16.3. The third kappa shape index (κ3) is 6.28. The maximum absolute atomic E-state index is 9.55. The van der Waals surface area contributed by atoms with Gasteiger partial charge in [0, 0.05) is 17.1 Å². The van der Waals surface area contributed by atoms with E-state index in [0.717, 1.165) is 24.4 Å². The number of halogens is 1. The van der Waals surface area contributed by atoms with E-state index in [-0.39, 0.29) is 0 Å². The maximum Gasteiger partial charge on any atom is 0.124 e. The Kier molecular flexibility index (Phi) is 7.21. The zero-order chi connectivity index (χ0) is 14.3. The highest BCUT2D eigenvalue weighted by molar-refractivity contribution is 6.30. The molecule has 0 aliphatic rings. The largest absolute Gasteiger partial charge is 0.491 e. The smallest absolute Gasteiger partial charge is 0.124 e. The highest BCUT2D eigenvalue weighted by Gasteiger charge is 2.08. The first-order valence-electron chi connectivity index (χ1n) is 6.83. The fraction of sp³-hybridized carbons (Fsp3) is 0.600. The Morgan fingerprint density at radius 3 is 2.74 bits per heavy atom. The molecule has 0 amide bonds. The topological polar surface area (TPSA) is 41.5 Å². The predicted octanol–water partition coefficient (Wildman–Crippen LogP) is 3.24. The molecule has 2 N–H and O–H groups in total. The van der Waals surface area contributed by atoms with Crippen molar-refractivity contribution in [3.8, 4) is 5.75 Å². The third-order valence-corrected chi connectivity index (χ3v) is 3.03. The van der Waals surface area contributed by atoms with Crippen LogP contribution in [0, 0.1) is 5.92 Å². The van der Waals surface area contributed by atoms with Gasteiger partial charge in [-0.25, -0.2) is 0 Å². The summed E-state index contributed by atoms with van der Waals surface area (Å²) in [5.74, 6) is 1.39. The van der Waals surface area contributed by atoms with Gasteiger partial charge in [-0.3, -0.25) is 0 Å². The molecular weight excluding hydrogens is 262 g/mol. The van der Waals surface area contributed by atoms with E-state index in [1.807, 2.05) is 19.1 Å². The van der Waals surface area contributed by atoms with Gasteiger partial charge in [-0.2, -0.15) is 0 Å². The van der Waals surface area contributed by atoms with Crippen LogP contribution in [0.15, 0.2) is 18.2 Å². The zero-order valence-corrected chi connectivity index (χ0v) is 12.7. The van der Waals surface area contributed by atoms with Crippen LogP contribution in [0.25, 0.3) is 0 Å². The lowest BCUT2D eigenvalue weighted by molar-refractivity contribution is 0.104. The SMILES string of the molecule is CCC(O)COc1ccc(Cl)cc1CNCC(C)C. The van der Waals surface area contributed by atoms with Crippen LogP contribution in [-0.2, 0) is 6.54 Å². The number of aliphatic hydroxyl groups excluding tert-OH is 1. The quantitative estimate of drug-likeness (QED) is 0.770. The Morgan fingerprint density at radius 1 is 1.37 bits per heavy atom. The van der Waals surface area contributed by atoms with E-state index in [4.69, 9.17) is 16.3 Å². The summed E-state index contributed by atoms with van der Waals surface area (Å²) in [6.07, 6.45) is 0.265. The molecule has 1 rings (SSSR count). The van der Waals surface area contributed by atoms with Crippen molar-refractivity contribution in [2.45, 2.75) is 39.8 Å². The fourth-order valence-corrected chi connectivity index (χ4v) is 1.82. The lowest BCUT2D eigenvalue weighted by atomic mass is 10.1. The van der Waals surface area contributed by atoms with Crippen molar-refractivity contribution >= 4 is 11.6 Å². The molecule has 1 aromatic rings. The van der Waals surface area contributed by atoms with Crippen LogP contribution in [0.5, 0.6) is 5.75 Å². The number of hydrogen-bond acceptors (Lipinski definition) is 3.